The number of benzene rings is 1. The maximum absolute atomic E-state index is 12.2. The molecule has 80 valence electrons. The van der Waals surface area contributed by atoms with E-state index in [1.54, 1.807) is 18.2 Å². The van der Waals surface area contributed by atoms with Crippen molar-refractivity contribution in [1.82, 2.24) is 0 Å². The Bertz CT molecular complexity index is 534. The first-order chi connectivity index (χ1) is 7.05. The highest BCUT2D eigenvalue weighted by Crippen LogP contribution is 2.51. The Labute approximate surface area is 93.4 Å². The Morgan fingerprint density at radius 3 is 2.73 bits per heavy atom. The first-order valence-corrected chi connectivity index (χ1v) is 6.69. The van der Waals surface area contributed by atoms with E-state index in [1.807, 2.05) is 0 Å². The lowest BCUT2D eigenvalue weighted by Gasteiger charge is -2.26. The SMILES string of the molecule is O=S1(=O)c2ccc(Cl)cc2NCC12CC2. The van der Waals surface area contributed by atoms with Gasteiger partial charge in [0.05, 0.1) is 15.3 Å². The molecular formula is C10H10ClNO2S. The molecule has 3 rings (SSSR count). The molecule has 1 aromatic rings. The number of anilines is 1. The van der Waals surface area contributed by atoms with Crippen LogP contribution in [0.5, 0.6) is 0 Å². The summed E-state index contributed by atoms with van der Waals surface area (Å²) in [6.45, 7) is 0.517. The van der Waals surface area contributed by atoms with Gasteiger partial charge in [-0.05, 0) is 31.0 Å². The molecule has 5 heteroatoms. The molecule has 1 aliphatic heterocycles. The molecule has 0 atom stereocenters. The molecule has 0 aromatic heterocycles. The van der Waals surface area contributed by atoms with E-state index in [4.69, 9.17) is 11.6 Å². The third kappa shape index (κ3) is 1.15. The maximum Gasteiger partial charge on any atom is 0.187 e. The van der Waals surface area contributed by atoms with Crippen LogP contribution in [0.3, 0.4) is 0 Å². The molecule has 1 fully saturated rings. The van der Waals surface area contributed by atoms with E-state index < -0.39 is 14.6 Å². The van der Waals surface area contributed by atoms with Crippen LogP contribution >= 0.6 is 11.6 Å². The minimum Gasteiger partial charge on any atom is -0.382 e. The number of hydrogen-bond donors (Lipinski definition) is 1. The molecule has 0 unspecified atom stereocenters. The molecule has 15 heavy (non-hydrogen) atoms. The van der Waals surface area contributed by atoms with E-state index in [1.165, 1.54) is 0 Å². The number of rotatable bonds is 0. The first kappa shape index (κ1) is 9.48. The van der Waals surface area contributed by atoms with Crippen LogP contribution in [-0.2, 0) is 9.84 Å². The van der Waals surface area contributed by atoms with Gasteiger partial charge >= 0.3 is 0 Å². The highest BCUT2D eigenvalue weighted by Gasteiger charge is 2.57. The van der Waals surface area contributed by atoms with Crippen LogP contribution in [0.1, 0.15) is 12.8 Å². The summed E-state index contributed by atoms with van der Waals surface area (Å²) in [5.74, 6) is 0. The van der Waals surface area contributed by atoms with Crippen molar-refractivity contribution >= 4 is 27.1 Å². The van der Waals surface area contributed by atoms with Crippen molar-refractivity contribution in [2.75, 3.05) is 11.9 Å². The molecule has 1 N–H and O–H groups in total. The summed E-state index contributed by atoms with van der Waals surface area (Å²) >= 11 is 5.82. The van der Waals surface area contributed by atoms with Gasteiger partial charge in [0, 0.05) is 11.6 Å². The molecule has 1 aliphatic carbocycles. The molecular weight excluding hydrogens is 234 g/mol. The summed E-state index contributed by atoms with van der Waals surface area (Å²) < 4.78 is 23.9. The van der Waals surface area contributed by atoms with Crippen molar-refractivity contribution in [3.05, 3.63) is 23.2 Å². The molecule has 1 aromatic carbocycles. The van der Waals surface area contributed by atoms with Gasteiger partial charge < -0.3 is 5.32 Å². The molecule has 0 radical (unpaired) electrons. The average Bonchev–Trinajstić information content (AvgIpc) is 2.94. The molecule has 0 amide bonds. The van der Waals surface area contributed by atoms with Gasteiger partial charge in [-0.3, -0.25) is 0 Å². The Kier molecular flexibility index (Phi) is 1.70. The third-order valence-electron chi connectivity index (χ3n) is 3.21. The molecule has 0 bridgehead atoms. The lowest BCUT2D eigenvalue weighted by molar-refractivity contribution is 0.576. The van der Waals surface area contributed by atoms with Gasteiger partial charge in [-0.25, -0.2) is 8.42 Å². The predicted octanol–water partition coefficient (Wildman–Crippen LogP) is 2.07. The smallest absolute Gasteiger partial charge is 0.187 e. The van der Waals surface area contributed by atoms with Gasteiger partial charge in [-0.2, -0.15) is 0 Å². The largest absolute Gasteiger partial charge is 0.382 e. The summed E-state index contributed by atoms with van der Waals surface area (Å²) in [6.07, 6.45) is 1.54. The normalized spacial score (nSPS) is 24.3. The summed E-state index contributed by atoms with van der Waals surface area (Å²) in [6, 6.07) is 4.89. The van der Waals surface area contributed by atoms with E-state index in [2.05, 4.69) is 5.32 Å². The fraction of sp³-hybridized carbons (Fsp3) is 0.400. The quantitative estimate of drug-likeness (QED) is 0.759. The number of hydrogen-bond acceptors (Lipinski definition) is 3. The zero-order valence-electron chi connectivity index (χ0n) is 7.96. The second-order valence-electron chi connectivity index (χ2n) is 4.18. The van der Waals surface area contributed by atoms with Gasteiger partial charge in [-0.15, -0.1) is 0 Å². The fourth-order valence-electron chi connectivity index (χ4n) is 2.04. The predicted molar refractivity (Wildman–Crippen MR) is 59.1 cm³/mol. The molecule has 3 nitrogen and oxygen atoms in total. The summed E-state index contributed by atoms with van der Waals surface area (Å²) in [4.78, 5) is 0.399. The second kappa shape index (κ2) is 2.68. The van der Waals surface area contributed by atoms with Crippen LogP contribution in [-0.4, -0.2) is 19.7 Å². The van der Waals surface area contributed by atoms with Gasteiger partial charge in [0.2, 0.25) is 0 Å². The first-order valence-electron chi connectivity index (χ1n) is 4.83. The number of sulfone groups is 1. The van der Waals surface area contributed by atoms with Gasteiger partial charge in [0.25, 0.3) is 0 Å². The van der Waals surface area contributed by atoms with Crippen LogP contribution < -0.4 is 5.32 Å². The number of halogens is 1. The molecule has 2 aliphatic rings. The van der Waals surface area contributed by atoms with Gasteiger partial charge in [0.15, 0.2) is 9.84 Å². The molecule has 1 saturated carbocycles. The topological polar surface area (TPSA) is 46.2 Å². The van der Waals surface area contributed by atoms with E-state index in [9.17, 15) is 8.42 Å². The summed E-state index contributed by atoms with van der Waals surface area (Å²) in [5, 5.41) is 3.71. The second-order valence-corrected chi connectivity index (χ2v) is 6.93. The van der Waals surface area contributed by atoms with Crippen LogP contribution in [0.15, 0.2) is 23.1 Å². The van der Waals surface area contributed by atoms with E-state index in [-0.39, 0.29) is 0 Å². The lowest BCUT2D eigenvalue weighted by atomic mass is 10.3. The van der Waals surface area contributed by atoms with E-state index in [0.29, 0.717) is 22.2 Å². The zero-order chi connectivity index (χ0) is 10.7. The van der Waals surface area contributed by atoms with Crippen LogP contribution in [0.4, 0.5) is 5.69 Å². The average molecular weight is 244 g/mol. The third-order valence-corrected chi connectivity index (χ3v) is 6.07. The van der Waals surface area contributed by atoms with Crippen LogP contribution in [0.25, 0.3) is 0 Å². The van der Waals surface area contributed by atoms with E-state index >= 15 is 0 Å². The maximum atomic E-state index is 12.2. The van der Waals surface area contributed by atoms with Crippen molar-refractivity contribution in [3.8, 4) is 0 Å². The minimum atomic E-state index is -3.15. The van der Waals surface area contributed by atoms with Gasteiger partial charge in [0.1, 0.15) is 0 Å². The van der Waals surface area contributed by atoms with Crippen molar-refractivity contribution in [3.63, 3.8) is 0 Å². The van der Waals surface area contributed by atoms with Crippen LogP contribution in [0.2, 0.25) is 5.02 Å². The monoisotopic (exact) mass is 243 g/mol. The van der Waals surface area contributed by atoms with E-state index in [0.717, 1.165) is 12.8 Å². The zero-order valence-corrected chi connectivity index (χ0v) is 9.53. The standard InChI is InChI=1S/C10H10ClNO2S/c11-7-1-2-9-8(5-7)12-6-10(3-4-10)15(9,13)14/h1-2,5,12H,3-4,6H2. The van der Waals surface area contributed by atoms with Crippen LogP contribution in [0, 0.1) is 0 Å². The molecule has 1 heterocycles. The van der Waals surface area contributed by atoms with Crippen molar-refractivity contribution < 1.29 is 8.42 Å². The van der Waals surface area contributed by atoms with Crippen molar-refractivity contribution in [2.24, 2.45) is 0 Å². The Balaban J connectivity index is 2.24. The lowest BCUT2D eigenvalue weighted by Crippen LogP contribution is -2.36. The highest BCUT2D eigenvalue weighted by atomic mass is 35.5. The van der Waals surface area contributed by atoms with Gasteiger partial charge in [-0.1, -0.05) is 11.6 Å². The molecule has 1 spiro atoms. The Morgan fingerprint density at radius 2 is 2.07 bits per heavy atom. The number of nitrogens with one attached hydrogen (secondary N) is 1. The molecule has 0 saturated heterocycles. The Morgan fingerprint density at radius 1 is 1.33 bits per heavy atom. The van der Waals surface area contributed by atoms with Crippen molar-refractivity contribution in [2.45, 2.75) is 22.5 Å². The fourth-order valence-corrected chi connectivity index (χ4v) is 4.25. The summed E-state index contributed by atoms with van der Waals surface area (Å²) in [7, 11) is -3.15. The number of fused-ring (bicyclic) bond motifs is 1. The minimum absolute atomic E-state index is 0.399. The Hall–Kier alpha value is -0.740. The highest BCUT2D eigenvalue weighted by molar-refractivity contribution is 7.93. The van der Waals surface area contributed by atoms with Crippen molar-refractivity contribution in [1.29, 1.82) is 0 Å². The summed E-state index contributed by atoms with van der Waals surface area (Å²) in [5.41, 5.74) is 0.639.